The first-order valence-corrected chi connectivity index (χ1v) is 11.4. The van der Waals surface area contributed by atoms with Gasteiger partial charge in [0.15, 0.2) is 0 Å². The molecule has 0 fully saturated rings. The monoisotopic (exact) mass is 481 g/mol. The van der Waals surface area contributed by atoms with Gasteiger partial charge in [-0.2, -0.15) is 9.78 Å². The van der Waals surface area contributed by atoms with Gasteiger partial charge in [0.2, 0.25) is 11.9 Å². The number of ether oxygens (including phenoxy) is 1. The van der Waals surface area contributed by atoms with Crippen molar-refractivity contribution in [1.29, 1.82) is 0 Å². The highest BCUT2D eigenvalue weighted by molar-refractivity contribution is 6.01. The molecule has 0 saturated carbocycles. The SMILES string of the molecule is COc1ccc(C=CC(=O)Nc2cc(C)nn2-c2nc3ccccc3n2Cc2ccccc2F)cc1. The van der Waals surface area contributed by atoms with Crippen LogP contribution in [0.4, 0.5) is 10.2 Å². The Morgan fingerprint density at radius 2 is 1.81 bits per heavy atom. The van der Waals surface area contributed by atoms with Crippen LogP contribution < -0.4 is 10.1 Å². The number of aromatic nitrogens is 4. The summed E-state index contributed by atoms with van der Waals surface area (Å²) in [6.45, 7) is 2.09. The molecule has 5 rings (SSSR count). The van der Waals surface area contributed by atoms with E-state index in [2.05, 4.69) is 10.4 Å². The topological polar surface area (TPSA) is 74.0 Å². The average molecular weight is 482 g/mol. The van der Waals surface area contributed by atoms with Crippen LogP contribution in [0.1, 0.15) is 16.8 Å². The number of nitrogens with zero attached hydrogens (tertiary/aromatic N) is 4. The molecule has 1 amide bonds. The highest BCUT2D eigenvalue weighted by Crippen LogP contribution is 2.24. The number of carbonyl (C=O) groups excluding carboxylic acids is 1. The first-order chi connectivity index (χ1) is 17.5. The molecule has 0 saturated heterocycles. The predicted molar refractivity (Wildman–Crippen MR) is 138 cm³/mol. The van der Waals surface area contributed by atoms with Crippen molar-refractivity contribution in [2.45, 2.75) is 13.5 Å². The molecule has 3 aromatic carbocycles. The molecule has 8 heteroatoms. The third-order valence-electron chi connectivity index (χ3n) is 5.74. The number of aryl methyl sites for hydroxylation is 1. The Bertz CT molecular complexity index is 1570. The number of rotatable bonds is 7. The van der Waals surface area contributed by atoms with Crippen LogP contribution in [0.15, 0.2) is 84.9 Å². The Morgan fingerprint density at radius 1 is 1.06 bits per heavy atom. The molecule has 0 aliphatic carbocycles. The number of fused-ring (bicyclic) bond motifs is 1. The van der Waals surface area contributed by atoms with E-state index in [4.69, 9.17) is 9.72 Å². The van der Waals surface area contributed by atoms with Gasteiger partial charge in [0, 0.05) is 17.7 Å². The number of amides is 1. The van der Waals surface area contributed by atoms with Gasteiger partial charge in [0.25, 0.3) is 0 Å². The van der Waals surface area contributed by atoms with E-state index in [0.717, 1.165) is 22.3 Å². The molecule has 2 heterocycles. The Morgan fingerprint density at radius 3 is 2.58 bits per heavy atom. The van der Waals surface area contributed by atoms with Crippen molar-refractivity contribution < 1.29 is 13.9 Å². The van der Waals surface area contributed by atoms with Gasteiger partial charge in [0.1, 0.15) is 17.4 Å². The van der Waals surface area contributed by atoms with Crippen molar-refractivity contribution in [3.63, 3.8) is 0 Å². The molecule has 0 radical (unpaired) electrons. The molecule has 7 nitrogen and oxygen atoms in total. The molecule has 5 aromatic rings. The molecule has 2 aromatic heterocycles. The molecule has 0 aliphatic rings. The van der Waals surface area contributed by atoms with Crippen LogP contribution in [0.3, 0.4) is 0 Å². The normalized spacial score (nSPS) is 11.3. The van der Waals surface area contributed by atoms with Crippen molar-refractivity contribution >= 4 is 28.8 Å². The van der Waals surface area contributed by atoms with Crippen LogP contribution in [0.25, 0.3) is 23.1 Å². The molecule has 0 bridgehead atoms. The smallest absolute Gasteiger partial charge is 0.249 e. The van der Waals surface area contributed by atoms with Gasteiger partial charge in [0.05, 0.1) is 30.4 Å². The van der Waals surface area contributed by atoms with E-state index in [1.807, 2.05) is 60.0 Å². The Balaban J connectivity index is 1.48. The van der Waals surface area contributed by atoms with Crippen LogP contribution in [0, 0.1) is 12.7 Å². The van der Waals surface area contributed by atoms with Gasteiger partial charge in [-0.15, -0.1) is 0 Å². The number of halogens is 1. The lowest BCUT2D eigenvalue weighted by Crippen LogP contribution is -2.16. The Kier molecular flexibility index (Phi) is 6.32. The predicted octanol–water partition coefficient (Wildman–Crippen LogP) is 5.38. The molecule has 180 valence electrons. The Hall–Kier alpha value is -4.72. The summed E-state index contributed by atoms with van der Waals surface area (Å²) in [7, 11) is 1.61. The number of carbonyl (C=O) groups is 1. The van der Waals surface area contributed by atoms with E-state index < -0.39 is 0 Å². The quantitative estimate of drug-likeness (QED) is 0.317. The number of methoxy groups -OCH3 is 1. The summed E-state index contributed by atoms with van der Waals surface area (Å²) < 4.78 is 23.1. The molecule has 36 heavy (non-hydrogen) atoms. The largest absolute Gasteiger partial charge is 0.497 e. The highest BCUT2D eigenvalue weighted by atomic mass is 19.1. The fourth-order valence-electron chi connectivity index (χ4n) is 3.97. The standard InChI is InChI=1S/C28H24FN5O2/c1-19-17-26(31-27(35)16-13-20-11-14-22(36-2)15-12-20)34(32-19)28-30-24-9-5-6-10-25(24)33(28)18-21-7-3-4-8-23(21)29/h3-17H,18H2,1-2H3,(H,31,35). The number of benzene rings is 3. The summed E-state index contributed by atoms with van der Waals surface area (Å²) in [5.41, 5.74) is 3.67. The molecular weight excluding hydrogens is 457 g/mol. The van der Waals surface area contributed by atoms with E-state index >= 15 is 0 Å². The molecule has 0 aliphatic heterocycles. The van der Waals surface area contributed by atoms with Gasteiger partial charge in [-0.3, -0.25) is 4.79 Å². The van der Waals surface area contributed by atoms with E-state index in [1.165, 1.54) is 12.1 Å². The van der Waals surface area contributed by atoms with E-state index in [1.54, 1.807) is 42.1 Å². The second-order valence-corrected chi connectivity index (χ2v) is 8.26. The second kappa shape index (κ2) is 9.87. The van der Waals surface area contributed by atoms with Crippen LogP contribution in [-0.4, -0.2) is 32.3 Å². The second-order valence-electron chi connectivity index (χ2n) is 8.26. The summed E-state index contributed by atoms with van der Waals surface area (Å²) >= 11 is 0. The first-order valence-electron chi connectivity index (χ1n) is 11.4. The number of hydrogen-bond donors (Lipinski definition) is 1. The molecular formula is C28H24FN5O2. The van der Waals surface area contributed by atoms with Gasteiger partial charge in [-0.25, -0.2) is 9.37 Å². The summed E-state index contributed by atoms with van der Waals surface area (Å²) in [5.74, 6) is 1.07. The first kappa shape index (κ1) is 23.0. The number of hydrogen-bond acceptors (Lipinski definition) is 4. The van der Waals surface area contributed by atoms with E-state index in [0.29, 0.717) is 23.0 Å². The lowest BCUT2D eigenvalue weighted by molar-refractivity contribution is -0.111. The van der Waals surface area contributed by atoms with Gasteiger partial charge in [-0.1, -0.05) is 42.5 Å². The fourth-order valence-corrected chi connectivity index (χ4v) is 3.97. The summed E-state index contributed by atoms with van der Waals surface area (Å²) in [4.78, 5) is 17.5. The van der Waals surface area contributed by atoms with E-state index in [9.17, 15) is 9.18 Å². The number of imidazole rings is 1. The van der Waals surface area contributed by atoms with Crippen molar-refractivity contribution in [1.82, 2.24) is 19.3 Å². The zero-order valence-corrected chi connectivity index (χ0v) is 19.9. The average Bonchev–Trinajstić information content (AvgIpc) is 3.44. The van der Waals surface area contributed by atoms with Crippen molar-refractivity contribution in [2.24, 2.45) is 0 Å². The van der Waals surface area contributed by atoms with Gasteiger partial charge in [-0.05, 0) is 48.9 Å². The molecule has 0 spiro atoms. The maximum atomic E-state index is 14.5. The van der Waals surface area contributed by atoms with Gasteiger partial charge >= 0.3 is 0 Å². The van der Waals surface area contributed by atoms with Crippen LogP contribution in [-0.2, 0) is 11.3 Å². The maximum absolute atomic E-state index is 14.5. The van der Waals surface area contributed by atoms with Crippen LogP contribution in [0.5, 0.6) is 5.75 Å². The minimum Gasteiger partial charge on any atom is -0.497 e. The number of anilines is 1. The third kappa shape index (κ3) is 4.74. The molecule has 0 unspecified atom stereocenters. The zero-order chi connectivity index (χ0) is 25.1. The molecule has 1 N–H and O–H groups in total. The highest BCUT2D eigenvalue weighted by Gasteiger charge is 2.18. The minimum atomic E-state index is -0.316. The van der Waals surface area contributed by atoms with Gasteiger partial charge < -0.3 is 14.6 Å². The van der Waals surface area contributed by atoms with Crippen molar-refractivity contribution in [2.75, 3.05) is 12.4 Å². The summed E-state index contributed by atoms with van der Waals surface area (Å²) in [5, 5.41) is 7.47. The van der Waals surface area contributed by atoms with Crippen molar-refractivity contribution in [3.8, 4) is 11.7 Å². The number of nitrogens with one attached hydrogen (secondary N) is 1. The number of para-hydroxylation sites is 2. The Labute approximate surface area is 207 Å². The van der Waals surface area contributed by atoms with Crippen LogP contribution >= 0.6 is 0 Å². The van der Waals surface area contributed by atoms with Crippen LogP contribution in [0.2, 0.25) is 0 Å². The maximum Gasteiger partial charge on any atom is 0.249 e. The van der Waals surface area contributed by atoms with E-state index in [-0.39, 0.29) is 18.3 Å². The lowest BCUT2D eigenvalue weighted by Gasteiger charge is -2.12. The fraction of sp³-hybridized carbons (Fsp3) is 0.107. The lowest BCUT2D eigenvalue weighted by atomic mass is 10.2. The molecule has 0 atom stereocenters. The third-order valence-corrected chi connectivity index (χ3v) is 5.74. The summed E-state index contributed by atoms with van der Waals surface area (Å²) in [6.07, 6.45) is 3.17. The summed E-state index contributed by atoms with van der Waals surface area (Å²) in [6, 6.07) is 23.4. The minimum absolute atomic E-state index is 0.256. The zero-order valence-electron chi connectivity index (χ0n) is 19.9. The van der Waals surface area contributed by atoms with Crippen molar-refractivity contribution in [3.05, 3.63) is 108 Å².